The van der Waals surface area contributed by atoms with Crippen LogP contribution in [0, 0.1) is 3.57 Å². The molecule has 0 aliphatic carbocycles. The quantitative estimate of drug-likeness (QED) is 0.737. The van der Waals surface area contributed by atoms with Crippen LogP contribution in [0.4, 0.5) is 0 Å². The van der Waals surface area contributed by atoms with Crippen LogP contribution in [0.1, 0.15) is 0 Å². The number of aromatic nitrogens is 3. The summed E-state index contributed by atoms with van der Waals surface area (Å²) in [6, 6.07) is 1.77. The Morgan fingerprint density at radius 2 is 2.42 bits per heavy atom. The van der Waals surface area contributed by atoms with Gasteiger partial charge in [-0.25, -0.2) is 4.52 Å². The van der Waals surface area contributed by atoms with E-state index in [2.05, 4.69) is 32.7 Å². The molecule has 0 amide bonds. The Morgan fingerprint density at radius 1 is 1.58 bits per heavy atom. The van der Waals surface area contributed by atoms with Gasteiger partial charge in [0, 0.05) is 12.3 Å². The molecule has 0 saturated carbocycles. The molecule has 2 aromatic rings. The van der Waals surface area contributed by atoms with Gasteiger partial charge in [0.15, 0.2) is 5.65 Å². The first-order chi connectivity index (χ1) is 5.81. The normalized spacial score (nSPS) is 10.5. The highest BCUT2D eigenvalue weighted by Crippen LogP contribution is 2.13. The second kappa shape index (κ2) is 2.89. The number of methoxy groups -OCH3 is 1. The van der Waals surface area contributed by atoms with Crippen molar-refractivity contribution >= 4 is 28.2 Å². The molecule has 0 spiro atoms. The van der Waals surface area contributed by atoms with Crippen LogP contribution in [0.5, 0.6) is 5.88 Å². The summed E-state index contributed by atoms with van der Waals surface area (Å²) in [5.41, 5.74) is 0.829. The molecule has 62 valence electrons. The topological polar surface area (TPSA) is 39.4 Å². The third kappa shape index (κ3) is 1.13. The highest BCUT2D eigenvalue weighted by atomic mass is 127. The van der Waals surface area contributed by atoms with Crippen LogP contribution in [-0.2, 0) is 0 Å². The van der Waals surface area contributed by atoms with Crippen molar-refractivity contribution in [3.63, 3.8) is 0 Å². The van der Waals surface area contributed by atoms with Crippen LogP contribution in [0.3, 0.4) is 0 Å². The molecule has 2 aromatic heterocycles. The van der Waals surface area contributed by atoms with Gasteiger partial charge in [-0.3, -0.25) is 0 Å². The van der Waals surface area contributed by atoms with Crippen molar-refractivity contribution in [2.75, 3.05) is 7.11 Å². The van der Waals surface area contributed by atoms with E-state index in [1.165, 1.54) is 0 Å². The molecule has 0 fully saturated rings. The molecular weight excluding hydrogens is 269 g/mol. The minimum absolute atomic E-state index is 0.612. The zero-order valence-corrected chi connectivity index (χ0v) is 8.52. The number of halogens is 1. The lowest BCUT2D eigenvalue weighted by Gasteiger charge is -1.97. The smallest absolute Gasteiger partial charge is 0.216 e. The largest absolute Gasteiger partial charge is 0.481 e. The summed E-state index contributed by atoms with van der Waals surface area (Å²) in [6.45, 7) is 0. The van der Waals surface area contributed by atoms with E-state index in [1.54, 1.807) is 23.9 Å². The Bertz CT molecular complexity index is 412. The zero-order chi connectivity index (χ0) is 8.55. The van der Waals surface area contributed by atoms with Gasteiger partial charge in [0.2, 0.25) is 5.88 Å². The number of hydrogen-bond donors (Lipinski definition) is 0. The lowest BCUT2D eigenvalue weighted by molar-refractivity contribution is 0.398. The molecule has 12 heavy (non-hydrogen) atoms. The molecule has 0 radical (unpaired) electrons. The maximum absolute atomic E-state index is 4.99. The molecule has 5 heteroatoms. The standard InChI is InChI=1S/C7H6IN3O/c1-12-6-2-3-11-7(10-6)5(8)4-9-11/h2-4H,1H3. The molecule has 0 aliphatic heterocycles. The van der Waals surface area contributed by atoms with Crippen molar-refractivity contribution < 1.29 is 4.74 Å². The van der Waals surface area contributed by atoms with Crippen molar-refractivity contribution in [2.45, 2.75) is 0 Å². The maximum Gasteiger partial charge on any atom is 0.216 e. The van der Waals surface area contributed by atoms with Gasteiger partial charge < -0.3 is 4.74 Å². The van der Waals surface area contributed by atoms with Crippen molar-refractivity contribution in [1.82, 2.24) is 14.6 Å². The molecular formula is C7H6IN3O. The summed E-state index contributed by atoms with van der Waals surface area (Å²) >= 11 is 2.18. The third-order valence-corrected chi connectivity index (χ3v) is 2.27. The van der Waals surface area contributed by atoms with Gasteiger partial charge >= 0.3 is 0 Å². The average molecular weight is 275 g/mol. The summed E-state index contributed by atoms with van der Waals surface area (Å²) < 4.78 is 7.72. The first-order valence-corrected chi connectivity index (χ1v) is 4.43. The zero-order valence-electron chi connectivity index (χ0n) is 6.36. The lowest BCUT2D eigenvalue weighted by atomic mass is 10.6. The summed E-state index contributed by atoms with van der Waals surface area (Å²) in [5, 5.41) is 4.08. The number of ether oxygens (including phenoxy) is 1. The minimum atomic E-state index is 0.612. The molecule has 2 rings (SSSR count). The van der Waals surface area contributed by atoms with Crippen molar-refractivity contribution in [2.24, 2.45) is 0 Å². The molecule has 2 heterocycles. The first kappa shape index (κ1) is 7.78. The predicted molar refractivity (Wildman–Crippen MR) is 52.3 cm³/mol. The number of fused-ring (bicyclic) bond motifs is 1. The van der Waals surface area contributed by atoms with E-state index >= 15 is 0 Å². The summed E-state index contributed by atoms with van der Waals surface area (Å²) in [5.74, 6) is 0.612. The first-order valence-electron chi connectivity index (χ1n) is 3.35. The van der Waals surface area contributed by atoms with Crippen molar-refractivity contribution in [3.8, 4) is 5.88 Å². The Hall–Kier alpha value is -0.850. The Morgan fingerprint density at radius 3 is 3.17 bits per heavy atom. The molecule has 0 bridgehead atoms. The molecule has 0 unspecified atom stereocenters. The molecule has 0 aromatic carbocycles. The van der Waals surface area contributed by atoms with E-state index in [1.807, 2.05) is 6.20 Å². The Kier molecular flexibility index (Phi) is 1.87. The fourth-order valence-corrected chi connectivity index (χ4v) is 1.43. The van der Waals surface area contributed by atoms with Gasteiger partial charge in [0.05, 0.1) is 16.9 Å². The van der Waals surface area contributed by atoms with Crippen LogP contribution in [0.25, 0.3) is 5.65 Å². The summed E-state index contributed by atoms with van der Waals surface area (Å²) in [6.07, 6.45) is 3.59. The fraction of sp³-hybridized carbons (Fsp3) is 0.143. The van der Waals surface area contributed by atoms with Crippen molar-refractivity contribution in [1.29, 1.82) is 0 Å². The second-order valence-corrected chi connectivity index (χ2v) is 3.39. The number of rotatable bonds is 1. The highest BCUT2D eigenvalue weighted by Gasteiger charge is 2.02. The molecule has 0 aliphatic rings. The van der Waals surface area contributed by atoms with Gasteiger partial charge in [-0.2, -0.15) is 10.1 Å². The van der Waals surface area contributed by atoms with Gasteiger partial charge in [0.25, 0.3) is 0 Å². The van der Waals surface area contributed by atoms with E-state index in [-0.39, 0.29) is 0 Å². The Labute approximate surface area is 82.7 Å². The van der Waals surface area contributed by atoms with E-state index in [9.17, 15) is 0 Å². The fourth-order valence-electron chi connectivity index (χ4n) is 0.938. The number of nitrogens with zero attached hydrogens (tertiary/aromatic N) is 3. The van der Waals surface area contributed by atoms with Gasteiger partial charge in [-0.1, -0.05) is 0 Å². The van der Waals surface area contributed by atoms with Gasteiger partial charge in [-0.05, 0) is 22.6 Å². The highest BCUT2D eigenvalue weighted by molar-refractivity contribution is 14.1. The Balaban J connectivity index is 2.71. The van der Waals surface area contributed by atoms with E-state index in [4.69, 9.17) is 4.74 Å². The van der Waals surface area contributed by atoms with Crippen LogP contribution in [0.15, 0.2) is 18.5 Å². The van der Waals surface area contributed by atoms with Crippen LogP contribution < -0.4 is 4.74 Å². The molecule has 0 N–H and O–H groups in total. The maximum atomic E-state index is 4.99. The molecule has 0 atom stereocenters. The summed E-state index contributed by atoms with van der Waals surface area (Å²) in [7, 11) is 1.60. The SMILES string of the molecule is COc1ccn2ncc(I)c2n1. The summed E-state index contributed by atoms with van der Waals surface area (Å²) in [4.78, 5) is 4.22. The van der Waals surface area contributed by atoms with Crippen LogP contribution >= 0.6 is 22.6 Å². The van der Waals surface area contributed by atoms with Crippen molar-refractivity contribution in [3.05, 3.63) is 22.0 Å². The van der Waals surface area contributed by atoms with Crippen LogP contribution in [0.2, 0.25) is 0 Å². The monoisotopic (exact) mass is 275 g/mol. The van der Waals surface area contributed by atoms with Gasteiger partial charge in [0.1, 0.15) is 0 Å². The minimum Gasteiger partial charge on any atom is -0.481 e. The van der Waals surface area contributed by atoms with E-state index in [0.717, 1.165) is 9.22 Å². The van der Waals surface area contributed by atoms with E-state index in [0.29, 0.717) is 5.88 Å². The van der Waals surface area contributed by atoms with Gasteiger partial charge in [-0.15, -0.1) is 0 Å². The second-order valence-electron chi connectivity index (χ2n) is 2.23. The lowest BCUT2D eigenvalue weighted by Crippen LogP contribution is -1.93. The third-order valence-electron chi connectivity index (χ3n) is 1.51. The number of hydrogen-bond acceptors (Lipinski definition) is 3. The molecule has 4 nitrogen and oxygen atoms in total. The van der Waals surface area contributed by atoms with Crippen LogP contribution in [-0.4, -0.2) is 21.7 Å². The van der Waals surface area contributed by atoms with E-state index < -0.39 is 0 Å². The average Bonchev–Trinajstić information content (AvgIpc) is 2.47. The predicted octanol–water partition coefficient (Wildman–Crippen LogP) is 1.34. The molecule has 0 saturated heterocycles.